The molecule has 0 aliphatic carbocycles. The second-order valence-electron chi connectivity index (χ2n) is 6.89. The SMILES string of the molecule is Cc1cc(NC(=O)Cn2c(C)cc(=O)c3cccc(F)c32)c2cc(F)ccc2n1. The number of benzene rings is 2. The van der Waals surface area contributed by atoms with Crippen LogP contribution in [0.4, 0.5) is 14.5 Å². The van der Waals surface area contributed by atoms with Gasteiger partial charge in [-0.15, -0.1) is 0 Å². The fourth-order valence-electron chi connectivity index (χ4n) is 3.48. The monoisotopic (exact) mass is 393 g/mol. The van der Waals surface area contributed by atoms with Crippen LogP contribution in [0.5, 0.6) is 0 Å². The van der Waals surface area contributed by atoms with E-state index in [0.717, 1.165) is 0 Å². The minimum Gasteiger partial charge on any atom is -0.333 e. The molecule has 29 heavy (non-hydrogen) atoms. The van der Waals surface area contributed by atoms with Gasteiger partial charge in [-0.3, -0.25) is 14.6 Å². The largest absolute Gasteiger partial charge is 0.333 e. The van der Waals surface area contributed by atoms with Crippen LogP contribution in [0.2, 0.25) is 0 Å². The van der Waals surface area contributed by atoms with Crippen molar-refractivity contribution < 1.29 is 13.6 Å². The van der Waals surface area contributed by atoms with Gasteiger partial charge in [0.05, 0.1) is 16.7 Å². The quantitative estimate of drug-likeness (QED) is 0.570. The number of para-hydroxylation sites is 1. The molecule has 4 rings (SSSR count). The lowest BCUT2D eigenvalue weighted by Gasteiger charge is -2.16. The van der Waals surface area contributed by atoms with Crippen molar-refractivity contribution in [1.29, 1.82) is 0 Å². The molecule has 1 amide bonds. The van der Waals surface area contributed by atoms with Crippen molar-refractivity contribution in [1.82, 2.24) is 9.55 Å². The molecule has 0 unspecified atom stereocenters. The molecule has 0 saturated carbocycles. The fraction of sp³-hybridized carbons (Fsp3) is 0.136. The summed E-state index contributed by atoms with van der Waals surface area (Å²) in [7, 11) is 0. The van der Waals surface area contributed by atoms with Crippen LogP contribution in [0.15, 0.2) is 53.3 Å². The molecule has 146 valence electrons. The lowest BCUT2D eigenvalue weighted by molar-refractivity contribution is -0.116. The Morgan fingerprint density at radius 2 is 1.86 bits per heavy atom. The molecule has 7 heteroatoms. The number of hydrogen-bond donors (Lipinski definition) is 1. The van der Waals surface area contributed by atoms with E-state index in [1.807, 2.05) is 0 Å². The highest BCUT2D eigenvalue weighted by atomic mass is 19.1. The van der Waals surface area contributed by atoms with E-state index in [9.17, 15) is 18.4 Å². The van der Waals surface area contributed by atoms with Gasteiger partial charge in [0.25, 0.3) is 0 Å². The van der Waals surface area contributed by atoms with Gasteiger partial charge in [0.2, 0.25) is 5.91 Å². The van der Waals surface area contributed by atoms with E-state index in [4.69, 9.17) is 0 Å². The first kappa shape index (κ1) is 18.7. The maximum absolute atomic E-state index is 14.4. The third kappa shape index (κ3) is 3.47. The van der Waals surface area contributed by atoms with E-state index in [2.05, 4.69) is 10.3 Å². The van der Waals surface area contributed by atoms with Crippen molar-refractivity contribution in [2.45, 2.75) is 20.4 Å². The molecule has 0 radical (unpaired) electrons. The molecule has 2 heterocycles. The predicted octanol–water partition coefficient (Wildman–Crippen LogP) is 4.08. The zero-order chi connectivity index (χ0) is 20.7. The fourth-order valence-corrected chi connectivity index (χ4v) is 3.48. The Balaban J connectivity index is 1.75. The highest BCUT2D eigenvalue weighted by Crippen LogP contribution is 2.24. The van der Waals surface area contributed by atoms with Gasteiger partial charge in [0.1, 0.15) is 18.2 Å². The van der Waals surface area contributed by atoms with Gasteiger partial charge in [0.15, 0.2) is 5.43 Å². The van der Waals surface area contributed by atoms with Crippen LogP contribution in [0.1, 0.15) is 11.4 Å². The second-order valence-corrected chi connectivity index (χ2v) is 6.89. The number of nitrogens with zero attached hydrogens (tertiary/aromatic N) is 2. The van der Waals surface area contributed by atoms with Crippen LogP contribution in [-0.4, -0.2) is 15.5 Å². The Morgan fingerprint density at radius 1 is 1.07 bits per heavy atom. The Bertz CT molecular complexity index is 1350. The first-order chi connectivity index (χ1) is 13.8. The molecule has 0 bridgehead atoms. The summed E-state index contributed by atoms with van der Waals surface area (Å²) in [6.07, 6.45) is 0. The number of pyridine rings is 2. The second kappa shape index (κ2) is 7.09. The number of anilines is 1. The van der Waals surface area contributed by atoms with E-state index in [1.165, 1.54) is 41.0 Å². The number of rotatable bonds is 3. The number of carbonyl (C=O) groups excluding carboxylic acids is 1. The summed E-state index contributed by atoms with van der Waals surface area (Å²) in [5.74, 6) is -1.45. The number of carbonyl (C=O) groups is 1. The molecule has 1 N–H and O–H groups in total. The summed E-state index contributed by atoms with van der Waals surface area (Å²) in [5, 5.41) is 3.43. The highest BCUT2D eigenvalue weighted by Gasteiger charge is 2.15. The average Bonchev–Trinajstić information content (AvgIpc) is 2.66. The number of halogens is 2. The van der Waals surface area contributed by atoms with Gasteiger partial charge in [-0.1, -0.05) is 6.07 Å². The lowest BCUT2D eigenvalue weighted by Crippen LogP contribution is -2.23. The van der Waals surface area contributed by atoms with Crippen LogP contribution < -0.4 is 10.7 Å². The van der Waals surface area contributed by atoms with Gasteiger partial charge < -0.3 is 9.88 Å². The van der Waals surface area contributed by atoms with E-state index in [-0.39, 0.29) is 22.9 Å². The van der Waals surface area contributed by atoms with E-state index in [1.54, 1.807) is 26.0 Å². The number of hydrogen-bond acceptors (Lipinski definition) is 3. The van der Waals surface area contributed by atoms with Gasteiger partial charge in [-0.05, 0) is 50.2 Å². The standard InChI is InChI=1S/C22H17F2N3O2/c1-12-8-19(16-10-14(23)6-7-18(16)25-12)26-21(29)11-27-13(2)9-20(28)15-4-3-5-17(24)22(15)27/h3-10H,11H2,1-2H3,(H,25,26,29). The third-order valence-electron chi connectivity index (χ3n) is 4.76. The average molecular weight is 393 g/mol. The lowest BCUT2D eigenvalue weighted by atomic mass is 10.1. The molecule has 0 fully saturated rings. The summed E-state index contributed by atoms with van der Waals surface area (Å²) in [6, 6.07) is 11.4. The molecule has 0 aliphatic heterocycles. The molecule has 0 spiro atoms. The van der Waals surface area contributed by atoms with Crippen molar-refractivity contribution in [3.05, 3.63) is 81.8 Å². The molecule has 2 aromatic carbocycles. The molecule has 4 aromatic rings. The number of amides is 1. The van der Waals surface area contributed by atoms with E-state index in [0.29, 0.717) is 28.0 Å². The minimum atomic E-state index is -0.580. The molecule has 2 aromatic heterocycles. The van der Waals surface area contributed by atoms with Crippen LogP contribution >= 0.6 is 0 Å². The summed E-state index contributed by atoms with van der Waals surface area (Å²) >= 11 is 0. The number of nitrogens with one attached hydrogen (secondary N) is 1. The zero-order valence-electron chi connectivity index (χ0n) is 15.8. The summed E-state index contributed by atoms with van der Waals surface area (Å²) in [5.41, 5.74) is 1.87. The molecular weight excluding hydrogens is 376 g/mol. The van der Waals surface area contributed by atoms with Crippen LogP contribution in [0.3, 0.4) is 0 Å². The van der Waals surface area contributed by atoms with Gasteiger partial charge in [-0.25, -0.2) is 8.78 Å². The molecule has 0 saturated heterocycles. The van der Waals surface area contributed by atoms with E-state index >= 15 is 0 Å². The number of fused-ring (bicyclic) bond motifs is 2. The van der Waals surface area contributed by atoms with Crippen molar-refractivity contribution in [3.8, 4) is 0 Å². The highest BCUT2D eigenvalue weighted by molar-refractivity contribution is 6.01. The van der Waals surface area contributed by atoms with Crippen molar-refractivity contribution in [2.24, 2.45) is 0 Å². The number of aryl methyl sites for hydroxylation is 2. The van der Waals surface area contributed by atoms with Crippen LogP contribution in [0.25, 0.3) is 21.8 Å². The Morgan fingerprint density at radius 3 is 2.66 bits per heavy atom. The Hall–Kier alpha value is -3.61. The van der Waals surface area contributed by atoms with Crippen LogP contribution in [-0.2, 0) is 11.3 Å². The van der Waals surface area contributed by atoms with Gasteiger partial charge in [-0.2, -0.15) is 0 Å². The van der Waals surface area contributed by atoms with Crippen LogP contribution in [0, 0.1) is 25.5 Å². The van der Waals surface area contributed by atoms with Gasteiger partial charge in [0, 0.05) is 28.2 Å². The summed E-state index contributed by atoms with van der Waals surface area (Å²) in [6.45, 7) is 3.21. The maximum Gasteiger partial charge on any atom is 0.244 e. The summed E-state index contributed by atoms with van der Waals surface area (Å²) < 4.78 is 29.6. The Labute approximate surface area is 164 Å². The Kier molecular flexibility index (Phi) is 4.58. The molecule has 0 aliphatic rings. The maximum atomic E-state index is 14.4. The first-order valence-corrected chi connectivity index (χ1v) is 8.99. The zero-order valence-corrected chi connectivity index (χ0v) is 15.8. The van der Waals surface area contributed by atoms with E-state index < -0.39 is 17.5 Å². The molecule has 0 atom stereocenters. The van der Waals surface area contributed by atoms with Crippen molar-refractivity contribution >= 4 is 33.4 Å². The topological polar surface area (TPSA) is 64.0 Å². The predicted molar refractivity (Wildman–Crippen MR) is 108 cm³/mol. The summed E-state index contributed by atoms with van der Waals surface area (Å²) in [4.78, 5) is 29.3. The molecular formula is C22H17F2N3O2. The first-order valence-electron chi connectivity index (χ1n) is 8.99. The number of aromatic nitrogens is 2. The van der Waals surface area contributed by atoms with Gasteiger partial charge >= 0.3 is 0 Å². The third-order valence-corrected chi connectivity index (χ3v) is 4.76. The molecule has 5 nitrogen and oxygen atoms in total. The minimum absolute atomic E-state index is 0.0782. The van der Waals surface area contributed by atoms with Crippen molar-refractivity contribution in [3.63, 3.8) is 0 Å². The van der Waals surface area contributed by atoms with Crippen molar-refractivity contribution in [2.75, 3.05) is 5.32 Å². The normalized spacial score (nSPS) is 11.2. The smallest absolute Gasteiger partial charge is 0.244 e.